The summed E-state index contributed by atoms with van der Waals surface area (Å²) in [5.41, 5.74) is 0. The highest BCUT2D eigenvalue weighted by Gasteiger charge is 2.26. The summed E-state index contributed by atoms with van der Waals surface area (Å²) in [6.45, 7) is 1.90. The molecule has 0 radical (unpaired) electrons. The first-order chi connectivity index (χ1) is 5.97. The summed E-state index contributed by atoms with van der Waals surface area (Å²) in [6, 6.07) is 0. The minimum absolute atomic E-state index is 0.416. The number of hydrogen-bond donors (Lipinski definition) is 0. The third kappa shape index (κ3) is 1.99. The zero-order chi connectivity index (χ0) is 8.23. The second-order valence-electron chi connectivity index (χ2n) is 3.81. The third-order valence-electron chi connectivity index (χ3n) is 2.84. The minimum Gasteiger partial charge on any atom is -0.376 e. The Bertz CT molecular complexity index is 108. The molecule has 2 unspecified atom stereocenters. The van der Waals surface area contributed by atoms with Crippen molar-refractivity contribution in [1.82, 2.24) is 0 Å². The monoisotopic (exact) mass is 170 g/mol. The van der Waals surface area contributed by atoms with E-state index in [1.807, 2.05) is 0 Å². The highest BCUT2D eigenvalue weighted by molar-refractivity contribution is 4.76. The van der Waals surface area contributed by atoms with Crippen molar-refractivity contribution in [2.24, 2.45) is 0 Å². The molecule has 0 N–H and O–H groups in total. The van der Waals surface area contributed by atoms with E-state index < -0.39 is 0 Å². The topological polar surface area (TPSA) is 18.5 Å². The van der Waals surface area contributed by atoms with Gasteiger partial charge in [0.2, 0.25) is 0 Å². The fourth-order valence-electron chi connectivity index (χ4n) is 2.12. The van der Waals surface area contributed by atoms with Crippen LogP contribution in [0.4, 0.5) is 0 Å². The molecule has 2 nitrogen and oxygen atoms in total. The quantitative estimate of drug-likeness (QED) is 0.600. The van der Waals surface area contributed by atoms with E-state index in [0.717, 1.165) is 13.2 Å². The highest BCUT2D eigenvalue weighted by atomic mass is 16.5. The molecular formula is C10H18O2. The van der Waals surface area contributed by atoms with Gasteiger partial charge in [-0.05, 0) is 38.5 Å². The van der Waals surface area contributed by atoms with Crippen molar-refractivity contribution in [2.45, 2.75) is 50.7 Å². The molecule has 12 heavy (non-hydrogen) atoms. The van der Waals surface area contributed by atoms with Crippen LogP contribution in [-0.2, 0) is 9.47 Å². The summed E-state index contributed by atoms with van der Waals surface area (Å²) in [5, 5.41) is 0. The van der Waals surface area contributed by atoms with Gasteiger partial charge in [0.15, 0.2) is 0 Å². The maximum Gasteiger partial charge on any atom is 0.0836 e. The smallest absolute Gasteiger partial charge is 0.0836 e. The molecule has 2 fully saturated rings. The lowest BCUT2D eigenvalue weighted by atomic mass is 9.98. The average Bonchev–Trinajstić information content (AvgIpc) is 2.21. The lowest BCUT2D eigenvalue weighted by molar-refractivity contribution is -0.107. The first-order valence-electron chi connectivity index (χ1n) is 5.20. The van der Waals surface area contributed by atoms with Gasteiger partial charge in [-0.1, -0.05) is 0 Å². The molecule has 2 heteroatoms. The van der Waals surface area contributed by atoms with Gasteiger partial charge in [0.25, 0.3) is 0 Å². The molecule has 2 rings (SSSR count). The maximum absolute atomic E-state index is 5.69. The molecule has 0 aliphatic carbocycles. The summed E-state index contributed by atoms with van der Waals surface area (Å²) in [7, 11) is 0. The van der Waals surface area contributed by atoms with Crippen LogP contribution in [0.3, 0.4) is 0 Å². The number of ether oxygens (including phenoxy) is 2. The fourth-order valence-corrected chi connectivity index (χ4v) is 2.12. The van der Waals surface area contributed by atoms with Crippen molar-refractivity contribution in [3.05, 3.63) is 0 Å². The molecule has 2 aliphatic heterocycles. The van der Waals surface area contributed by atoms with Crippen molar-refractivity contribution < 1.29 is 9.47 Å². The Morgan fingerprint density at radius 2 is 1.17 bits per heavy atom. The van der Waals surface area contributed by atoms with Crippen LogP contribution in [-0.4, -0.2) is 25.4 Å². The Morgan fingerprint density at radius 1 is 0.667 bits per heavy atom. The van der Waals surface area contributed by atoms with E-state index in [2.05, 4.69) is 0 Å². The molecular weight excluding hydrogens is 152 g/mol. The van der Waals surface area contributed by atoms with Crippen LogP contribution in [0.1, 0.15) is 38.5 Å². The van der Waals surface area contributed by atoms with Gasteiger partial charge < -0.3 is 9.47 Å². The first-order valence-corrected chi connectivity index (χ1v) is 5.20. The van der Waals surface area contributed by atoms with Crippen molar-refractivity contribution in [3.63, 3.8) is 0 Å². The van der Waals surface area contributed by atoms with Crippen molar-refractivity contribution in [3.8, 4) is 0 Å². The van der Waals surface area contributed by atoms with Crippen LogP contribution in [0.25, 0.3) is 0 Å². The van der Waals surface area contributed by atoms with Gasteiger partial charge in [-0.2, -0.15) is 0 Å². The fraction of sp³-hybridized carbons (Fsp3) is 1.00. The molecule has 0 bridgehead atoms. The summed E-state index contributed by atoms with van der Waals surface area (Å²) >= 11 is 0. The molecule has 2 aliphatic rings. The lowest BCUT2D eigenvalue weighted by Gasteiger charge is -2.32. The summed E-state index contributed by atoms with van der Waals surface area (Å²) < 4.78 is 11.4. The second-order valence-corrected chi connectivity index (χ2v) is 3.81. The third-order valence-corrected chi connectivity index (χ3v) is 2.84. The molecule has 0 aromatic carbocycles. The maximum atomic E-state index is 5.69. The zero-order valence-electron chi connectivity index (χ0n) is 7.63. The second kappa shape index (κ2) is 4.24. The van der Waals surface area contributed by atoms with Gasteiger partial charge in [0, 0.05) is 13.2 Å². The zero-order valence-corrected chi connectivity index (χ0v) is 7.63. The molecule has 2 atom stereocenters. The van der Waals surface area contributed by atoms with E-state index >= 15 is 0 Å². The van der Waals surface area contributed by atoms with Crippen LogP contribution >= 0.6 is 0 Å². The van der Waals surface area contributed by atoms with Crippen molar-refractivity contribution in [2.75, 3.05) is 13.2 Å². The lowest BCUT2D eigenvalue weighted by Crippen LogP contribution is -2.36. The van der Waals surface area contributed by atoms with E-state index in [9.17, 15) is 0 Å². The molecule has 2 heterocycles. The van der Waals surface area contributed by atoms with E-state index in [4.69, 9.17) is 9.47 Å². The Hall–Kier alpha value is -0.0800. The van der Waals surface area contributed by atoms with Gasteiger partial charge in [0.05, 0.1) is 12.2 Å². The van der Waals surface area contributed by atoms with Gasteiger partial charge in [-0.25, -0.2) is 0 Å². The van der Waals surface area contributed by atoms with Crippen LogP contribution in [0.5, 0.6) is 0 Å². The molecule has 2 saturated heterocycles. The van der Waals surface area contributed by atoms with Crippen LogP contribution < -0.4 is 0 Å². The minimum atomic E-state index is 0.416. The normalized spacial score (nSPS) is 38.0. The van der Waals surface area contributed by atoms with Gasteiger partial charge >= 0.3 is 0 Å². The molecule has 0 spiro atoms. The van der Waals surface area contributed by atoms with Gasteiger partial charge in [0.1, 0.15) is 0 Å². The number of rotatable bonds is 1. The van der Waals surface area contributed by atoms with Crippen LogP contribution in [0.2, 0.25) is 0 Å². The van der Waals surface area contributed by atoms with E-state index in [1.54, 1.807) is 0 Å². The summed E-state index contributed by atoms with van der Waals surface area (Å²) in [6.07, 6.45) is 8.38. The van der Waals surface area contributed by atoms with Gasteiger partial charge in [-0.3, -0.25) is 0 Å². The Morgan fingerprint density at radius 3 is 1.50 bits per heavy atom. The average molecular weight is 170 g/mol. The predicted molar refractivity (Wildman–Crippen MR) is 47.2 cm³/mol. The van der Waals surface area contributed by atoms with Crippen molar-refractivity contribution >= 4 is 0 Å². The molecule has 0 amide bonds. The molecule has 0 saturated carbocycles. The van der Waals surface area contributed by atoms with Crippen molar-refractivity contribution in [1.29, 1.82) is 0 Å². The highest BCUT2D eigenvalue weighted by Crippen LogP contribution is 2.24. The number of hydrogen-bond acceptors (Lipinski definition) is 2. The molecule has 70 valence electrons. The predicted octanol–water partition coefficient (Wildman–Crippen LogP) is 2.12. The Labute approximate surface area is 74.2 Å². The largest absolute Gasteiger partial charge is 0.376 e. The SMILES string of the molecule is C1CCC(C2CCCCO2)OC1. The standard InChI is InChI=1S/C10H18O2/c1-3-7-11-9(5-1)10-6-2-4-8-12-10/h9-10H,1-8H2. The molecule has 0 aromatic rings. The van der Waals surface area contributed by atoms with E-state index in [0.29, 0.717) is 12.2 Å². The van der Waals surface area contributed by atoms with Crippen LogP contribution in [0, 0.1) is 0 Å². The van der Waals surface area contributed by atoms with E-state index in [-0.39, 0.29) is 0 Å². The molecule has 0 aromatic heterocycles. The summed E-state index contributed by atoms with van der Waals surface area (Å²) in [4.78, 5) is 0. The van der Waals surface area contributed by atoms with E-state index in [1.165, 1.54) is 38.5 Å². The Kier molecular flexibility index (Phi) is 3.01. The van der Waals surface area contributed by atoms with Gasteiger partial charge in [-0.15, -0.1) is 0 Å². The first kappa shape index (κ1) is 8.52. The summed E-state index contributed by atoms with van der Waals surface area (Å²) in [5.74, 6) is 0. The van der Waals surface area contributed by atoms with Crippen LogP contribution in [0.15, 0.2) is 0 Å². The Balaban J connectivity index is 1.80.